The average molecular weight is 331 g/mol. The lowest BCUT2D eigenvalue weighted by Crippen LogP contribution is -2.11. The molecule has 0 aliphatic carbocycles. The molecule has 1 heterocycles. The van der Waals surface area contributed by atoms with E-state index in [0.717, 1.165) is 5.56 Å². The van der Waals surface area contributed by atoms with E-state index in [1.807, 2.05) is 18.2 Å². The zero-order valence-electron chi connectivity index (χ0n) is 12.1. The summed E-state index contributed by atoms with van der Waals surface area (Å²) >= 11 is 0. The minimum Gasteiger partial charge on any atom is -0.497 e. The summed E-state index contributed by atoms with van der Waals surface area (Å²) in [6, 6.07) is 13.2. The molecule has 2 aromatic carbocycles. The summed E-state index contributed by atoms with van der Waals surface area (Å²) in [4.78, 5) is 4.33. The van der Waals surface area contributed by atoms with Crippen molar-refractivity contribution < 1.29 is 17.7 Å². The number of sulfonamides is 1. The molecule has 0 fully saturated rings. The molecule has 7 nitrogen and oxygen atoms in total. The van der Waals surface area contributed by atoms with E-state index in [1.54, 1.807) is 25.3 Å². The Balaban J connectivity index is 1.92. The number of aromatic nitrogens is 2. The van der Waals surface area contributed by atoms with Crippen LogP contribution in [0.15, 0.2) is 57.9 Å². The van der Waals surface area contributed by atoms with Gasteiger partial charge in [0.2, 0.25) is 15.8 Å². The Kier molecular flexibility index (Phi) is 3.85. The van der Waals surface area contributed by atoms with Crippen LogP contribution in [0.4, 0.5) is 0 Å². The summed E-state index contributed by atoms with van der Waals surface area (Å²) in [5, 5.41) is 8.99. The van der Waals surface area contributed by atoms with Gasteiger partial charge in [0.25, 0.3) is 5.89 Å². The van der Waals surface area contributed by atoms with Crippen molar-refractivity contribution in [1.29, 1.82) is 0 Å². The van der Waals surface area contributed by atoms with Crippen molar-refractivity contribution in [2.75, 3.05) is 7.11 Å². The number of hydrogen-bond donors (Lipinski definition) is 1. The molecule has 0 radical (unpaired) electrons. The summed E-state index contributed by atoms with van der Waals surface area (Å²) < 4.78 is 32.9. The molecule has 0 saturated carbocycles. The fourth-order valence-electron chi connectivity index (χ4n) is 2.01. The molecule has 0 spiro atoms. The van der Waals surface area contributed by atoms with Gasteiger partial charge in [-0.3, -0.25) is 0 Å². The van der Waals surface area contributed by atoms with Crippen molar-refractivity contribution in [2.45, 2.75) is 4.90 Å². The predicted octanol–water partition coefficient (Wildman–Crippen LogP) is 2.06. The van der Waals surface area contributed by atoms with Crippen molar-refractivity contribution >= 4 is 10.0 Å². The van der Waals surface area contributed by atoms with E-state index in [-0.39, 0.29) is 10.8 Å². The molecule has 1 aromatic heterocycles. The van der Waals surface area contributed by atoms with E-state index in [9.17, 15) is 8.42 Å². The van der Waals surface area contributed by atoms with Gasteiger partial charge in [0, 0.05) is 11.1 Å². The van der Waals surface area contributed by atoms with Crippen LogP contribution in [0, 0.1) is 0 Å². The molecule has 0 aliphatic heterocycles. The number of ether oxygens (including phenoxy) is 1. The Hall–Kier alpha value is -2.71. The summed E-state index contributed by atoms with van der Waals surface area (Å²) in [6.07, 6.45) is 0. The highest BCUT2D eigenvalue weighted by Crippen LogP contribution is 2.25. The molecule has 0 amide bonds. The van der Waals surface area contributed by atoms with Gasteiger partial charge in [-0.05, 0) is 36.4 Å². The second kappa shape index (κ2) is 5.82. The Bertz CT molecular complexity index is 933. The lowest BCUT2D eigenvalue weighted by atomic mass is 10.2. The van der Waals surface area contributed by atoms with Gasteiger partial charge < -0.3 is 9.26 Å². The number of rotatable bonds is 4. The maximum Gasteiger partial charge on any atom is 0.258 e. The SMILES string of the molecule is COc1cccc(-c2noc(-c3ccc(S(N)(=O)=O)cc3)n2)c1. The van der Waals surface area contributed by atoms with Gasteiger partial charge in [-0.25, -0.2) is 13.6 Å². The van der Waals surface area contributed by atoms with E-state index in [1.165, 1.54) is 12.1 Å². The molecule has 8 heteroatoms. The third kappa shape index (κ3) is 3.22. The largest absolute Gasteiger partial charge is 0.497 e. The third-order valence-electron chi connectivity index (χ3n) is 3.18. The average Bonchev–Trinajstić information content (AvgIpc) is 3.04. The molecule has 2 N–H and O–H groups in total. The number of nitrogens with zero attached hydrogens (tertiary/aromatic N) is 2. The van der Waals surface area contributed by atoms with Crippen molar-refractivity contribution in [3.05, 3.63) is 48.5 Å². The maximum atomic E-state index is 11.2. The number of methoxy groups -OCH3 is 1. The van der Waals surface area contributed by atoms with Crippen molar-refractivity contribution in [1.82, 2.24) is 10.1 Å². The molecule has 23 heavy (non-hydrogen) atoms. The number of primary sulfonamides is 1. The lowest BCUT2D eigenvalue weighted by Gasteiger charge is -2.00. The van der Waals surface area contributed by atoms with Crippen LogP contribution in [-0.2, 0) is 10.0 Å². The Morgan fingerprint density at radius 1 is 1.09 bits per heavy atom. The van der Waals surface area contributed by atoms with Crippen LogP contribution in [0.5, 0.6) is 5.75 Å². The quantitative estimate of drug-likeness (QED) is 0.784. The van der Waals surface area contributed by atoms with Crippen LogP contribution in [0.25, 0.3) is 22.8 Å². The van der Waals surface area contributed by atoms with Gasteiger partial charge in [0.1, 0.15) is 5.75 Å². The van der Waals surface area contributed by atoms with E-state index in [0.29, 0.717) is 17.1 Å². The standard InChI is InChI=1S/C15H13N3O4S/c1-21-12-4-2-3-11(9-12)14-17-15(22-18-14)10-5-7-13(8-6-10)23(16,19)20/h2-9H,1H3,(H2,16,19,20). The van der Waals surface area contributed by atoms with Gasteiger partial charge >= 0.3 is 0 Å². The lowest BCUT2D eigenvalue weighted by molar-refractivity contribution is 0.414. The summed E-state index contributed by atoms with van der Waals surface area (Å²) in [5.41, 5.74) is 1.35. The highest BCUT2D eigenvalue weighted by Gasteiger charge is 2.13. The first-order valence-electron chi connectivity index (χ1n) is 6.59. The van der Waals surface area contributed by atoms with E-state index < -0.39 is 10.0 Å². The highest BCUT2D eigenvalue weighted by molar-refractivity contribution is 7.89. The molecule has 118 valence electrons. The minimum absolute atomic E-state index is 0.0220. The normalized spacial score (nSPS) is 11.4. The minimum atomic E-state index is -3.73. The zero-order valence-corrected chi connectivity index (χ0v) is 12.9. The Morgan fingerprint density at radius 3 is 2.48 bits per heavy atom. The van der Waals surface area contributed by atoms with Crippen LogP contribution in [0.2, 0.25) is 0 Å². The molecule has 3 aromatic rings. The van der Waals surface area contributed by atoms with Crippen molar-refractivity contribution in [2.24, 2.45) is 5.14 Å². The fourth-order valence-corrected chi connectivity index (χ4v) is 2.52. The number of benzene rings is 2. The Morgan fingerprint density at radius 2 is 1.83 bits per heavy atom. The maximum absolute atomic E-state index is 11.2. The summed E-state index contributed by atoms with van der Waals surface area (Å²) in [7, 11) is -2.15. The summed E-state index contributed by atoms with van der Waals surface area (Å²) in [6.45, 7) is 0. The van der Waals surface area contributed by atoms with Crippen LogP contribution in [0.1, 0.15) is 0 Å². The molecule has 0 aliphatic rings. The van der Waals surface area contributed by atoms with Crippen LogP contribution in [0.3, 0.4) is 0 Å². The molecule has 3 rings (SSSR count). The number of hydrogen-bond acceptors (Lipinski definition) is 6. The fraction of sp³-hybridized carbons (Fsp3) is 0.0667. The smallest absolute Gasteiger partial charge is 0.258 e. The van der Waals surface area contributed by atoms with Crippen LogP contribution >= 0.6 is 0 Å². The Labute approximate surface area is 132 Å². The summed E-state index contributed by atoms with van der Waals surface area (Å²) in [5.74, 6) is 1.38. The highest BCUT2D eigenvalue weighted by atomic mass is 32.2. The topological polar surface area (TPSA) is 108 Å². The zero-order chi connectivity index (χ0) is 16.4. The van der Waals surface area contributed by atoms with Crippen molar-refractivity contribution in [3.63, 3.8) is 0 Å². The molecule has 0 unspecified atom stereocenters. The van der Waals surface area contributed by atoms with Gasteiger partial charge in [0.15, 0.2) is 0 Å². The molecular formula is C15H13N3O4S. The van der Waals surface area contributed by atoms with E-state index in [4.69, 9.17) is 14.4 Å². The first kappa shape index (κ1) is 15.2. The van der Waals surface area contributed by atoms with Crippen molar-refractivity contribution in [3.8, 4) is 28.6 Å². The predicted molar refractivity (Wildman–Crippen MR) is 83.1 cm³/mol. The second-order valence-electron chi connectivity index (χ2n) is 4.72. The van der Waals surface area contributed by atoms with E-state index >= 15 is 0 Å². The van der Waals surface area contributed by atoms with Gasteiger partial charge in [0.05, 0.1) is 12.0 Å². The number of nitrogens with two attached hydrogens (primary N) is 1. The monoisotopic (exact) mass is 331 g/mol. The van der Waals surface area contributed by atoms with Crippen LogP contribution < -0.4 is 9.88 Å². The first-order chi connectivity index (χ1) is 11.0. The second-order valence-corrected chi connectivity index (χ2v) is 6.29. The first-order valence-corrected chi connectivity index (χ1v) is 8.13. The van der Waals surface area contributed by atoms with Gasteiger partial charge in [-0.15, -0.1) is 0 Å². The molecular weight excluding hydrogens is 318 g/mol. The third-order valence-corrected chi connectivity index (χ3v) is 4.11. The molecule has 0 saturated heterocycles. The van der Waals surface area contributed by atoms with E-state index in [2.05, 4.69) is 10.1 Å². The van der Waals surface area contributed by atoms with Gasteiger partial charge in [-0.2, -0.15) is 4.98 Å². The molecule has 0 bridgehead atoms. The van der Waals surface area contributed by atoms with Gasteiger partial charge in [-0.1, -0.05) is 17.3 Å². The molecule has 0 atom stereocenters. The van der Waals surface area contributed by atoms with Crippen LogP contribution in [-0.4, -0.2) is 25.7 Å².